The van der Waals surface area contributed by atoms with Crippen LogP contribution in [0.2, 0.25) is 0 Å². The van der Waals surface area contributed by atoms with E-state index < -0.39 is 24.2 Å². The van der Waals surface area contributed by atoms with Gasteiger partial charge in [-0.3, -0.25) is 9.59 Å². The summed E-state index contributed by atoms with van der Waals surface area (Å²) in [6.45, 7) is 6.16. The highest BCUT2D eigenvalue weighted by atomic mass is 127. The van der Waals surface area contributed by atoms with Crippen molar-refractivity contribution in [3.05, 3.63) is 56.7 Å². The third-order valence-electron chi connectivity index (χ3n) is 10.2. The number of rotatable bonds is 17. The van der Waals surface area contributed by atoms with E-state index in [9.17, 15) is 24.9 Å². The number of hydrogen-bond donors (Lipinski definition) is 4. The predicted molar refractivity (Wildman–Crippen MR) is 205 cm³/mol. The van der Waals surface area contributed by atoms with Gasteiger partial charge in [-0.25, -0.2) is 0 Å². The molecule has 6 atom stereocenters. The van der Waals surface area contributed by atoms with E-state index >= 15 is 0 Å². The molecule has 52 heavy (non-hydrogen) atoms. The minimum Gasteiger partial charge on any atom is -0.497 e. The minimum absolute atomic E-state index is 0.0338. The zero-order valence-electron chi connectivity index (χ0n) is 31.1. The molecule has 0 bridgehead atoms. The molecule has 2 aromatic rings. The number of hydrogen-bond acceptors (Lipinski definition) is 10. The van der Waals surface area contributed by atoms with Gasteiger partial charge in [-0.1, -0.05) is 27.2 Å². The van der Waals surface area contributed by atoms with Crippen molar-refractivity contribution < 1.29 is 48.6 Å². The Morgan fingerprint density at radius 1 is 1.04 bits per heavy atom. The Kier molecular flexibility index (Phi) is 15.9. The zero-order chi connectivity index (χ0) is 37.9. The van der Waals surface area contributed by atoms with Crippen LogP contribution in [0.4, 0.5) is 0 Å². The number of aliphatic hydroxyl groups excluding tert-OH is 3. The molecule has 4 rings (SSSR count). The van der Waals surface area contributed by atoms with Crippen molar-refractivity contribution >= 4 is 34.4 Å². The molecule has 2 aliphatic rings. The molecule has 2 aromatic carbocycles. The maximum Gasteiger partial charge on any atom is 0.248 e. The van der Waals surface area contributed by atoms with Crippen LogP contribution in [0.25, 0.3) is 0 Å². The summed E-state index contributed by atoms with van der Waals surface area (Å²) in [6, 6.07) is 7.97. The van der Waals surface area contributed by atoms with E-state index in [1.165, 1.54) is 7.11 Å². The quantitative estimate of drug-likeness (QED) is 0.170. The number of methoxy groups -OCH3 is 3. The predicted octanol–water partition coefficient (Wildman–Crippen LogP) is 4.27. The highest BCUT2D eigenvalue weighted by molar-refractivity contribution is 14.1. The van der Waals surface area contributed by atoms with E-state index in [2.05, 4.69) is 48.7 Å². The van der Waals surface area contributed by atoms with Crippen molar-refractivity contribution in [1.29, 1.82) is 0 Å². The summed E-state index contributed by atoms with van der Waals surface area (Å²) in [4.78, 5) is 29.4. The number of nitrogens with zero attached hydrogens (tertiary/aromatic N) is 1. The van der Waals surface area contributed by atoms with Gasteiger partial charge in [0.1, 0.15) is 30.3 Å². The third-order valence-corrected chi connectivity index (χ3v) is 11.0. The largest absolute Gasteiger partial charge is 0.497 e. The highest BCUT2D eigenvalue weighted by Gasteiger charge is 2.41. The lowest BCUT2D eigenvalue weighted by Crippen LogP contribution is -2.56. The number of carbonyl (C=O) groups excluding carboxylic acids is 2. The van der Waals surface area contributed by atoms with Gasteiger partial charge in [-0.15, -0.1) is 0 Å². The molecule has 0 heterocycles. The summed E-state index contributed by atoms with van der Waals surface area (Å²) >= 11 is 2.07. The van der Waals surface area contributed by atoms with Crippen LogP contribution in [0.15, 0.2) is 42.0 Å². The molecule has 0 aliphatic heterocycles. The SMILES string of the molecule is COc1ccc(OC)c(CCN(C(=O)CO[C@H]2C[C@@H](C)CC[C@@H]2C(C)C)[C@@H]2CC(C(=O)NCCO)=C[C@H](Oc3c(I)cc(CO)cc3OC)[C@H]2O)c1. The Bertz CT molecular complexity index is 1530. The van der Waals surface area contributed by atoms with E-state index in [1.54, 1.807) is 43.4 Å². The fourth-order valence-corrected chi connectivity index (χ4v) is 8.05. The second-order valence-electron chi connectivity index (χ2n) is 14.0. The van der Waals surface area contributed by atoms with Crippen LogP contribution >= 0.6 is 22.6 Å². The van der Waals surface area contributed by atoms with Crippen molar-refractivity contribution in [1.82, 2.24) is 10.2 Å². The van der Waals surface area contributed by atoms with Gasteiger partial charge in [0.05, 0.1) is 50.3 Å². The number of amides is 2. The zero-order valence-corrected chi connectivity index (χ0v) is 33.3. The smallest absolute Gasteiger partial charge is 0.248 e. The molecular formula is C39H55IN2O10. The summed E-state index contributed by atoms with van der Waals surface area (Å²) in [5.74, 6) is 2.39. The molecule has 2 aliphatic carbocycles. The van der Waals surface area contributed by atoms with E-state index in [0.29, 0.717) is 61.9 Å². The lowest BCUT2D eigenvalue weighted by Gasteiger charge is -2.41. The van der Waals surface area contributed by atoms with Crippen LogP contribution in [0.1, 0.15) is 57.6 Å². The molecule has 288 valence electrons. The first-order valence-corrected chi connectivity index (χ1v) is 19.1. The summed E-state index contributed by atoms with van der Waals surface area (Å²) in [5.41, 5.74) is 1.72. The van der Waals surface area contributed by atoms with Crippen LogP contribution < -0.4 is 24.3 Å². The molecular weight excluding hydrogens is 783 g/mol. The van der Waals surface area contributed by atoms with Crippen LogP contribution in [0, 0.1) is 21.3 Å². The topological polar surface area (TPSA) is 156 Å². The molecule has 0 saturated heterocycles. The summed E-state index contributed by atoms with van der Waals surface area (Å²) in [5, 5.41) is 34.0. The second-order valence-corrected chi connectivity index (χ2v) is 15.1. The van der Waals surface area contributed by atoms with Gasteiger partial charge in [0.2, 0.25) is 11.8 Å². The average Bonchev–Trinajstić information content (AvgIpc) is 3.14. The maximum absolute atomic E-state index is 14.4. The van der Waals surface area contributed by atoms with Gasteiger partial charge >= 0.3 is 0 Å². The first-order chi connectivity index (χ1) is 24.9. The molecule has 0 radical (unpaired) electrons. The number of nitrogens with one attached hydrogen (secondary N) is 1. The lowest BCUT2D eigenvalue weighted by molar-refractivity contribution is -0.148. The monoisotopic (exact) mass is 838 g/mol. The fourth-order valence-electron chi connectivity index (χ4n) is 7.26. The van der Waals surface area contributed by atoms with Crippen LogP contribution in [-0.2, 0) is 27.4 Å². The van der Waals surface area contributed by atoms with Crippen molar-refractivity contribution in [2.75, 3.05) is 47.6 Å². The Morgan fingerprint density at radius 3 is 2.44 bits per heavy atom. The van der Waals surface area contributed by atoms with E-state index in [4.69, 9.17) is 23.7 Å². The second kappa shape index (κ2) is 19.8. The number of benzene rings is 2. The van der Waals surface area contributed by atoms with Crippen LogP contribution in [0.3, 0.4) is 0 Å². The Balaban J connectivity index is 1.71. The van der Waals surface area contributed by atoms with Crippen LogP contribution in [0.5, 0.6) is 23.0 Å². The summed E-state index contributed by atoms with van der Waals surface area (Å²) < 4.78 is 30.2. The van der Waals surface area contributed by atoms with Gasteiger partial charge in [0, 0.05) is 25.1 Å². The molecule has 2 amide bonds. The number of aliphatic hydroxyl groups is 3. The van der Waals surface area contributed by atoms with Crippen molar-refractivity contribution in [3.63, 3.8) is 0 Å². The molecule has 13 heteroatoms. The molecule has 0 spiro atoms. The van der Waals surface area contributed by atoms with E-state index in [0.717, 1.165) is 24.8 Å². The Morgan fingerprint density at radius 2 is 1.79 bits per heavy atom. The lowest BCUT2D eigenvalue weighted by atomic mass is 9.75. The fraction of sp³-hybridized carbons (Fsp3) is 0.590. The molecule has 1 fully saturated rings. The van der Waals surface area contributed by atoms with E-state index in [1.807, 2.05) is 12.1 Å². The summed E-state index contributed by atoms with van der Waals surface area (Å²) in [7, 11) is 4.64. The van der Waals surface area contributed by atoms with Gasteiger partial charge < -0.3 is 49.2 Å². The van der Waals surface area contributed by atoms with Gasteiger partial charge in [-0.05, 0) is 107 Å². The maximum atomic E-state index is 14.4. The van der Waals surface area contributed by atoms with E-state index in [-0.39, 0.29) is 51.3 Å². The molecule has 12 nitrogen and oxygen atoms in total. The normalized spacial score (nSPS) is 23.1. The molecule has 0 unspecified atom stereocenters. The molecule has 0 aromatic heterocycles. The van der Waals surface area contributed by atoms with Gasteiger partial charge in [0.25, 0.3) is 0 Å². The molecule has 1 saturated carbocycles. The Labute approximate surface area is 320 Å². The Hall–Kier alpha value is -3.11. The highest BCUT2D eigenvalue weighted by Crippen LogP contribution is 2.38. The number of carbonyl (C=O) groups is 2. The van der Waals surface area contributed by atoms with Crippen molar-refractivity contribution in [2.45, 2.75) is 83.8 Å². The van der Waals surface area contributed by atoms with Crippen molar-refractivity contribution in [3.8, 4) is 23.0 Å². The first kappa shape index (κ1) is 41.6. The average molecular weight is 839 g/mol. The molecule has 4 N–H and O–H groups in total. The number of halogens is 1. The first-order valence-electron chi connectivity index (χ1n) is 18.0. The van der Waals surface area contributed by atoms with Gasteiger partial charge in [0.15, 0.2) is 11.5 Å². The van der Waals surface area contributed by atoms with Crippen LogP contribution in [-0.4, -0.2) is 104 Å². The number of ether oxygens (including phenoxy) is 5. The standard InChI is InChI=1S/C39H55IN2O10/c1-23(2)29-9-7-24(3)15-33(29)51-22-36(45)42(13-11-26-18-28(48-4)8-10-32(26)49-5)31-19-27(39(47)41-12-14-43)20-34(37(31)46)52-38-30(40)16-25(21-44)17-35(38)50-6/h8,10,16-18,20,23-24,29,31,33-34,37,43-44,46H,7,9,11-15,19,21-22H2,1-6H3,(H,41,47)/t24-,29+,31+,33-,34-,37-/m0/s1. The van der Waals surface area contributed by atoms with Crippen molar-refractivity contribution in [2.24, 2.45) is 17.8 Å². The van der Waals surface area contributed by atoms with Gasteiger partial charge in [-0.2, -0.15) is 0 Å². The third kappa shape index (κ3) is 10.5. The minimum atomic E-state index is -1.26. The summed E-state index contributed by atoms with van der Waals surface area (Å²) in [6.07, 6.45) is 2.58.